The fraction of sp³-hybridized carbons (Fsp3) is 0.850. The maximum atomic E-state index is 12.8. The third-order valence-electron chi connectivity index (χ3n) is 7.87. The largest absolute Gasteiger partial charge is 0.392 e. The van der Waals surface area contributed by atoms with Gasteiger partial charge in [-0.1, -0.05) is 33.4 Å². The molecule has 24 heavy (non-hydrogen) atoms. The third-order valence-corrected chi connectivity index (χ3v) is 7.87. The van der Waals surface area contributed by atoms with E-state index in [9.17, 15) is 15.0 Å². The highest BCUT2D eigenvalue weighted by Crippen LogP contribution is 2.65. The Morgan fingerprint density at radius 3 is 2.33 bits per heavy atom. The van der Waals surface area contributed by atoms with E-state index in [1.54, 1.807) is 13.0 Å². The Kier molecular flexibility index (Phi) is 3.88. The Balaban J connectivity index is 2.06. The molecule has 0 unspecified atom stereocenters. The molecule has 4 heteroatoms. The van der Waals surface area contributed by atoms with Gasteiger partial charge < -0.3 is 14.9 Å². The molecule has 2 saturated carbocycles. The van der Waals surface area contributed by atoms with Crippen LogP contribution in [0.3, 0.4) is 0 Å². The van der Waals surface area contributed by atoms with Crippen molar-refractivity contribution < 1.29 is 19.7 Å². The first-order valence-electron chi connectivity index (χ1n) is 9.15. The lowest BCUT2D eigenvalue weighted by atomic mass is 9.43. The van der Waals surface area contributed by atoms with Gasteiger partial charge in [0.25, 0.3) is 0 Å². The number of Topliss-reactive ketones (excluding diaryl/α,β-unsaturated/α-hetero) is 1. The van der Waals surface area contributed by atoms with Crippen LogP contribution in [-0.4, -0.2) is 39.4 Å². The molecule has 0 amide bonds. The summed E-state index contributed by atoms with van der Waals surface area (Å²) in [4.78, 5) is 12.8. The van der Waals surface area contributed by atoms with Gasteiger partial charge in [0.05, 0.1) is 17.8 Å². The van der Waals surface area contributed by atoms with Crippen LogP contribution in [0.2, 0.25) is 0 Å². The molecule has 4 nitrogen and oxygen atoms in total. The molecular formula is C20H32O4. The van der Waals surface area contributed by atoms with Gasteiger partial charge in [-0.05, 0) is 38.0 Å². The molecule has 3 fully saturated rings. The van der Waals surface area contributed by atoms with Crippen molar-refractivity contribution in [2.45, 2.75) is 83.7 Å². The number of carbonyl (C=O) groups excluding carboxylic acids is 1. The molecular weight excluding hydrogens is 304 g/mol. The van der Waals surface area contributed by atoms with Crippen molar-refractivity contribution >= 4 is 5.78 Å². The Morgan fingerprint density at radius 2 is 1.75 bits per heavy atom. The highest BCUT2D eigenvalue weighted by Gasteiger charge is 2.67. The molecule has 1 aliphatic heterocycles. The van der Waals surface area contributed by atoms with Crippen molar-refractivity contribution in [2.75, 3.05) is 0 Å². The SMILES string of the molecule is C=C[C@]1(C)O[C@@]2(C)CC[C@@H]3C(C)(C)[C@@H](O)C[C@H](O)[C@@]3(C)[C@@H]2CC1=O. The first kappa shape index (κ1) is 18.1. The fourth-order valence-electron chi connectivity index (χ4n) is 6.10. The van der Waals surface area contributed by atoms with Crippen molar-refractivity contribution in [2.24, 2.45) is 22.7 Å². The van der Waals surface area contributed by atoms with Gasteiger partial charge in [-0.25, -0.2) is 0 Å². The molecule has 3 rings (SSSR count). The summed E-state index contributed by atoms with van der Waals surface area (Å²) in [5, 5.41) is 21.5. The van der Waals surface area contributed by atoms with Crippen LogP contribution in [0.1, 0.15) is 60.3 Å². The van der Waals surface area contributed by atoms with E-state index < -0.39 is 28.8 Å². The van der Waals surface area contributed by atoms with Crippen LogP contribution in [-0.2, 0) is 9.53 Å². The van der Waals surface area contributed by atoms with E-state index in [0.29, 0.717) is 12.8 Å². The van der Waals surface area contributed by atoms with Gasteiger partial charge in [0.2, 0.25) is 0 Å². The summed E-state index contributed by atoms with van der Waals surface area (Å²) in [6.45, 7) is 14.0. The minimum absolute atomic E-state index is 0.0398. The highest BCUT2D eigenvalue weighted by atomic mass is 16.5. The van der Waals surface area contributed by atoms with Gasteiger partial charge >= 0.3 is 0 Å². The lowest BCUT2D eigenvalue weighted by molar-refractivity contribution is -0.275. The van der Waals surface area contributed by atoms with E-state index >= 15 is 0 Å². The molecule has 1 heterocycles. The number of carbonyl (C=O) groups is 1. The molecule has 0 spiro atoms. The number of rotatable bonds is 1. The van der Waals surface area contributed by atoms with Crippen LogP contribution < -0.4 is 0 Å². The van der Waals surface area contributed by atoms with Crippen LogP contribution >= 0.6 is 0 Å². The summed E-state index contributed by atoms with van der Waals surface area (Å²) < 4.78 is 6.34. The summed E-state index contributed by atoms with van der Waals surface area (Å²) in [5.41, 5.74) is -2.12. The Labute approximate surface area is 145 Å². The molecule has 2 aliphatic carbocycles. The number of aliphatic hydroxyl groups is 2. The fourth-order valence-corrected chi connectivity index (χ4v) is 6.10. The number of ketones is 1. The van der Waals surface area contributed by atoms with Crippen LogP contribution in [0.25, 0.3) is 0 Å². The molecule has 0 radical (unpaired) electrons. The predicted molar refractivity (Wildman–Crippen MR) is 92.4 cm³/mol. The topological polar surface area (TPSA) is 66.8 Å². The zero-order chi connectivity index (χ0) is 18.1. The van der Waals surface area contributed by atoms with E-state index in [1.807, 2.05) is 0 Å². The number of hydrogen-bond donors (Lipinski definition) is 2. The molecule has 0 aromatic heterocycles. The first-order valence-corrected chi connectivity index (χ1v) is 9.15. The van der Waals surface area contributed by atoms with Crippen LogP contribution in [0, 0.1) is 22.7 Å². The zero-order valence-corrected chi connectivity index (χ0v) is 15.6. The first-order chi connectivity index (χ1) is 10.9. The lowest BCUT2D eigenvalue weighted by Gasteiger charge is -2.66. The van der Waals surface area contributed by atoms with Crippen LogP contribution in [0.15, 0.2) is 12.7 Å². The van der Waals surface area contributed by atoms with Crippen molar-refractivity contribution in [1.29, 1.82) is 0 Å². The smallest absolute Gasteiger partial charge is 0.168 e. The van der Waals surface area contributed by atoms with Gasteiger partial charge in [0.15, 0.2) is 5.78 Å². The van der Waals surface area contributed by atoms with E-state index in [2.05, 4.69) is 34.3 Å². The average molecular weight is 336 g/mol. The van der Waals surface area contributed by atoms with Gasteiger partial charge in [-0.3, -0.25) is 4.79 Å². The van der Waals surface area contributed by atoms with E-state index in [4.69, 9.17) is 4.74 Å². The Bertz CT molecular complexity index is 570. The maximum Gasteiger partial charge on any atom is 0.168 e. The van der Waals surface area contributed by atoms with E-state index in [0.717, 1.165) is 12.8 Å². The second-order valence-electron chi connectivity index (χ2n) is 9.45. The average Bonchev–Trinajstić information content (AvgIpc) is 2.48. The van der Waals surface area contributed by atoms with Crippen molar-refractivity contribution in [1.82, 2.24) is 0 Å². The number of hydrogen-bond acceptors (Lipinski definition) is 4. The lowest BCUT2D eigenvalue weighted by Crippen LogP contribution is -2.69. The van der Waals surface area contributed by atoms with Gasteiger partial charge in [0, 0.05) is 24.2 Å². The van der Waals surface area contributed by atoms with Crippen molar-refractivity contribution in [3.8, 4) is 0 Å². The molecule has 1 saturated heterocycles. The van der Waals surface area contributed by atoms with Crippen LogP contribution in [0.4, 0.5) is 0 Å². The summed E-state index contributed by atoms with van der Waals surface area (Å²) >= 11 is 0. The summed E-state index contributed by atoms with van der Waals surface area (Å²) in [5.74, 6) is 0.148. The molecule has 7 atom stereocenters. The molecule has 0 aromatic carbocycles. The quantitative estimate of drug-likeness (QED) is 0.723. The molecule has 136 valence electrons. The molecule has 0 aromatic rings. The van der Waals surface area contributed by atoms with E-state index in [-0.39, 0.29) is 23.0 Å². The summed E-state index contributed by atoms with van der Waals surface area (Å²) in [7, 11) is 0. The van der Waals surface area contributed by atoms with Gasteiger partial charge in [-0.15, -0.1) is 0 Å². The molecule has 2 N–H and O–H groups in total. The summed E-state index contributed by atoms with van der Waals surface area (Å²) in [6, 6.07) is 0. The van der Waals surface area contributed by atoms with E-state index in [1.165, 1.54) is 0 Å². The van der Waals surface area contributed by atoms with Gasteiger partial charge in [0.1, 0.15) is 5.60 Å². The summed E-state index contributed by atoms with van der Waals surface area (Å²) in [6.07, 6.45) is 2.93. The van der Waals surface area contributed by atoms with Crippen molar-refractivity contribution in [3.05, 3.63) is 12.7 Å². The standard InChI is InChI=1S/C20H32O4/c1-7-18(4)15(22)10-13-19(5,24-18)9-8-12-17(2,3)14(21)11-16(23)20(12,13)6/h7,12-14,16,21,23H,1,8-11H2,2-6H3/t12-,13-,14+,16+,18+,19+,20-/m1/s1. The Hall–Kier alpha value is -0.710. The Morgan fingerprint density at radius 1 is 1.12 bits per heavy atom. The maximum absolute atomic E-state index is 12.8. The second kappa shape index (κ2) is 5.15. The predicted octanol–water partition coefficient (Wildman–Crippen LogP) is 2.86. The monoisotopic (exact) mass is 336 g/mol. The van der Waals surface area contributed by atoms with Crippen LogP contribution in [0.5, 0.6) is 0 Å². The van der Waals surface area contributed by atoms with Gasteiger partial charge in [-0.2, -0.15) is 0 Å². The van der Waals surface area contributed by atoms with Crippen molar-refractivity contribution in [3.63, 3.8) is 0 Å². The minimum Gasteiger partial charge on any atom is -0.392 e. The zero-order valence-electron chi connectivity index (χ0n) is 15.6. The normalized spacial score (nSPS) is 53.9. The number of fused-ring (bicyclic) bond motifs is 3. The highest BCUT2D eigenvalue weighted by molar-refractivity contribution is 5.90. The number of ether oxygens (including phenoxy) is 1. The molecule has 3 aliphatic rings. The third kappa shape index (κ3) is 2.12. The molecule has 0 bridgehead atoms. The second-order valence-corrected chi connectivity index (χ2v) is 9.45. The number of aliphatic hydroxyl groups excluding tert-OH is 2. The minimum atomic E-state index is -0.941.